The highest BCUT2D eigenvalue weighted by Crippen LogP contribution is 2.30. The number of aryl methyl sites for hydroxylation is 1. The van der Waals surface area contributed by atoms with Crippen LogP contribution in [0.4, 0.5) is 11.4 Å². The van der Waals surface area contributed by atoms with Crippen molar-refractivity contribution in [2.24, 2.45) is 0 Å². The summed E-state index contributed by atoms with van der Waals surface area (Å²) >= 11 is 11.7. The van der Waals surface area contributed by atoms with Crippen molar-refractivity contribution >= 4 is 40.5 Å². The summed E-state index contributed by atoms with van der Waals surface area (Å²) in [4.78, 5) is 22.6. The topological polar surface area (TPSA) is 81.5 Å². The maximum absolute atomic E-state index is 12.1. The predicted molar refractivity (Wildman–Crippen MR) is 93.2 cm³/mol. The fraction of sp³-hybridized carbons (Fsp3) is 0.188. The van der Waals surface area contributed by atoms with Gasteiger partial charge in [-0.25, -0.2) is 0 Å². The maximum Gasteiger partial charge on any atom is 0.293 e. The van der Waals surface area contributed by atoms with Crippen LogP contribution in [-0.4, -0.2) is 17.4 Å². The summed E-state index contributed by atoms with van der Waals surface area (Å²) in [5.41, 5.74) is 1.45. The lowest BCUT2D eigenvalue weighted by Crippen LogP contribution is -2.21. The van der Waals surface area contributed by atoms with Gasteiger partial charge in [0.15, 0.2) is 6.61 Å². The van der Waals surface area contributed by atoms with E-state index < -0.39 is 10.8 Å². The maximum atomic E-state index is 12.1. The number of nitro groups is 1. The van der Waals surface area contributed by atoms with Crippen LogP contribution < -0.4 is 10.1 Å². The Morgan fingerprint density at radius 3 is 2.58 bits per heavy atom. The Labute approximate surface area is 148 Å². The summed E-state index contributed by atoms with van der Waals surface area (Å²) in [6.07, 6.45) is 0. The Kier molecular flexibility index (Phi) is 5.64. The first-order chi connectivity index (χ1) is 11.3. The Morgan fingerprint density at radius 2 is 1.96 bits per heavy atom. The molecule has 2 aromatic carbocycles. The summed E-state index contributed by atoms with van der Waals surface area (Å²) in [6.45, 7) is 3.17. The Hall–Kier alpha value is -2.31. The van der Waals surface area contributed by atoms with Gasteiger partial charge >= 0.3 is 0 Å². The molecule has 0 saturated heterocycles. The second kappa shape index (κ2) is 7.51. The first-order valence-corrected chi connectivity index (χ1v) is 7.67. The molecule has 0 bridgehead atoms. The van der Waals surface area contributed by atoms with Crippen molar-refractivity contribution < 1.29 is 14.5 Å². The zero-order chi connectivity index (χ0) is 17.9. The first kappa shape index (κ1) is 18.0. The quantitative estimate of drug-likeness (QED) is 0.620. The van der Waals surface area contributed by atoms with Crippen LogP contribution in [0, 0.1) is 24.0 Å². The van der Waals surface area contributed by atoms with E-state index in [0.717, 1.165) is 5.56 Å². The summed E-state index contributed by atoms with van der Waals surface area (Å²) in [5, 5.41) is 14.4. The molecule has 0 saturated carbocycles. The summed E-state index contributed by atoms with van der Waals surface area (Å²) < 4.78 is 5.32. The van der Waals surface area contributed by atoms with Gasteiger partial charge in [-0.2, -0.15) is 0 Å². The van der Waals surface area contributed by atoms with Crippen molar-refractivity contribution in [2.45, 2.75) is 13.8 Å². The normalized spacial score (nSPS) is 10.3. The third kappa shape index (κ3) is 4.15. The number of carbonyl (C=O) groups excluding carboxylic acids is 1. The van der Waals surface area contributed by atoms with Crippen molar-refractivity contribution in [1.29, 1.82) is 0 Å². The summed E-state index contributed by atoms with van der Waals surface area (Å²) in [6, 6.07) is 7.60. The largest absolute Gasteiger partial charge is 0.482 e. The minimum absolute atomic E-state index is 0.163. The van der Waals surface area contributed by atoms with Crippen molar-refractivity contribution in [1.82, 2.24) is 0 Å². The molecule has 126 valence electrons. The molecule has 2 rings (SSSR count). The lowest BCUT2D eigenvalue weighted by Gasteiger charge is -2.12. The first-order valence-electron chi connectivity index (χ1n) is 6.92. The smallest absolute Gasteiger partial charge is 0.293 e. The highest BCUT2D eigenvalue weighted by atomic mass is 35.5. The Balaban J connectivity index is 2.13. The molecule has 0 heterocycles. The number of hydrogen-bond acceptors (Lipinski definition) is 4. The summed E-state index contributed by atoms with van der Waals surface area (Å²) in [7, 11) is 0. The van der Waals surface area contributed by atoms with Crippen LogP contribution in [0.5, 0.6) is 5.75 Å². The monoisotopic (exact) mass is 368 g/mol. The molecule has 0 aliphatic carbocycles. The number of rotatable bonds is 5. The van der Waals surface area contributed by atoms with E-state index in [2.05, 4.69) is 5.32 Å². The zero-order valence-corrected chi connectivity index (χ0v) is 14.4. The van der Waals surface area contributed by atoms with Gasteiger partial charge in [-0.15, -0.1) is 0 Å². The number of nitro benzene ring substituents is 1. The molecule has 8 heteroatoms. The molecule has 1 N–H and O–H groups in total. The Morgan fingerprint density at radius 1 is 1.25 bits per heavy atom. The van der Waals surface area contributed by atoms with Crippen LogP contribution in [0.15, 0.2) is 30.3 Å². The average molecular weight is 369 g/mol. The summed E-state index contributed by atoms with van der Waals surface area (Å²) in [5.74, 6) is -0.232. The SMILES string of the molecule is Cc1ccc([N+](=O)[O-])c(NC(=O)COc2ccc(Cl)cc2Cl)c1C. The molecule has 0 radical (unpaired) electrons. The van der Waals surface area contributed by atoms with E-state index in [1.54, 1.807) is 26.0 Å². The van der Waals surface area contributed by atoms with Gasteiger partial charge < -0.3 is 10.1 Å². The van der Waals surface area contributed by atoms with E-state index in [0.29, 0.717) is 16.3 Å². The van der Waals surface area contributed by atoms with Crippen LogP contribution in [-0.2, 0) is 4.79 Å². The van der Waals surface area contributed by atoms with Gasteiger partial charge in [0.2, 0.25) is 0 Å². The molecule has 0 spiro atoms. The van der Waals surface area contributed by atoms with E-state index in [1.165, 1.54) is 18.2 Å². The average Bonchev–Trinajstić information content (AvgIpc) is 2.50. The minimum Gasteiger partial charge on any atom is -0.482 e. The number of nitrogens with zero attached hydrogens (tertiary/aromatic N) is 1. The number of nitrogens with one attached hydrogen (secondary N) is 1. The van der Waals surface area contributed by atoms with Gasteiger partial charge in [-0.1, -0.05) is 29.3 Å². The van der Waals surface area contributed by atoms with E-state index in [4.69, 9.17) is 27.9 Å². The van der Waals surface area contributed by atoms with Gasteiger partial charge in [-0.3, -0.25) is 14.9 Å². The predicted octanol–water partition coefficient (Wildman–Crippen LogP) is 4.54. The van der Waals surface area contributed by atoms with Gasteiger partial charge in [0.1, 0.15) is 11.4 Å². The number of halogens is 2. The van der Waals surface area contributed by atoms with Crippen LogP contribution in [0.25, 0.3) is 0 Å². The van der Waals surface area contributed by atoms with Crippen LogP contribution in [0.3, 0.4) is 0 Å². The molecule has 0 fully saturated rings. The highest BCUT2D eigenvalue weighted by molar-refractivity contribution is 6.35. The van der Waals surface area contributed by atoms with E-state index in [1.807, 2.05) is 0 Å². The van der Waals surface area contributed by atoms with Crippen LogP contribution in [0.2, 0.25) is 10.0 Å². The molecular formula is C16H14Cl2N2O4. The standard InChI is InChI=1S/C16H14Cl2N2O4/c1-9-3-5-13(20(22)23)16(10(9)2)19-15(21)8-24-14-6-4-11(17)7-12(14)18/h3-7H,8H2,1-2H3,(H,19,21). The molecule has 0 atom stereocenters. The molecule has 0 aliphatic heterocycles. The molecule has 0 aromatic heterocycles. The van der Waals surface area contributed by atoms with Gasteiger partial charge in [0, 0.05) is 11.1 Å². The zero-order valence-electron chi connectivity index (χ0n) is 12.9. The number of hydrogen-bond donors (Lipinski definition) is 1. The van der Waals surface area contributed by atoms with Gasteiger partial charge in [0.05, 0.1) is 9.95 Å². The van der Waals surface area contributed by atoms with E-state index >= 15 is 0 Å². The molecule has 6 nitrogen and oxygen atoms in total. The third-order valence-electron chi connectivity index (χ3n) is 3.43. The van der Waals surface area contributed by atoms with Crippen molar-refractivity contribution in [2.75, 3.05) is 11.9 Å². The minimum atomic E-state index is -0.543. The lowest BCUT2D eigenvalue weighted by molar-refractivity contribution is -0.384. The third-order valence-corrected chi connectivity index (χ3v) is 3.96. The van der Waals surface area contributed by atoms with Crippen molar-refractivity contribution in [3.05, 3.63) is 61.6 Å². The lowest BCUT2D eigenvalue weighted by atomic mass is 10.1. The van der Waals surface area contributed by atoms with Crippen LogP contribution in [0.1, 0.15) is 11.1 Å². The number of ether oxygens (including phenoxy) is 1. The van der Waals surface area contributed by atoms with Crippen LogP contribution >= 0.6 is 23.2 Å². The second-order valence-corrected chi connectivity index (χ2v) is 5.91. The fourth-order valence-corrected chi connectivity index (χ4v) is 2.49. The molecule has 24 heavy (non-hydrogen) atoms. The Bertz CT molecular complexity index is 809. The number of carbonyl (C=O) groups is 1. The van der Waals surface area contributed by atoms with Gasteiger partial charge in [0.25, 0.3) is 11.6 Å². The molecule has 0 unspecified atom stereocenters. The fourth-order valence-electron chi connectivity index (χ4n) is 2.02. The van der Waals surface area contributed by atoms with Gasteiger partial charge in [-0.05, 0) is 43.2 Å². The molecule has 2 aromatic rings. The highest BCUT2D eigenvalue weighted by Gasteiger charge is 2.19. The molecule has 1 amide bonds. The second-order valence-electron chi connectivity index (χ2n) is 5.07. The molecular weight excluding hydrogens is 355 g/mol. The number of benzene rings is 2. The van der Waals surface area contributed by atoms with Crippen molar-refractivity contribution in [3.63, 3.8) is 0 Å². The van der Waals surface area contributed by atoms with E-state index in [-0.39, 0.29) is 23.0 Å². The molecule has 0 aliphatic rings. The van der Waals surface area contributed by atoms with Crippen molar-refractivity contribution in [3.8, 4) is 5.75 Å². The van der Waals surface area contributed by atoms with E-state index in [9.17, 15) is 14.9 Å². The number of anilines is 1. The number of amides is 1.